The predicted octanol–water partition coefficient (Wildman–Crippen LogP) is 5.24. The van der Waals surface area contributed by atoms with Crippen LogP contribution in [0.25, 0.3) is 21.5 Å². The van der Waals surface area contributed by atoms with Gasteiger partial charge in [0.25, 0.3) is 0 Å². The quantitative estimate of drug-likeness (QED) is 0.350. The van der Waals surface area contributed by atoms with Crippen molar-refractivity contribution in [2.24, 2.45) is 0 Å². The Hall–Kier alpha value is -2.84. The molecular formula is C21H17FN4OS2. The van der Waals surface area contributed by atoms with Crippen molar-refractivity contribution in [3.8, 4) is 11.3 Å². The molecule has 29 heavy (non-hydrogen) atoms. The van der Waals surface area contributed by atoms with Crippen molar-refractivity contribution in [3.63, 3.8) is 0 Å². The summed E-state index contributed by atoms with van der Waals surface area (Å²) in [6.07, 6.45) is 1.47. The third kappa shape index (κ3) is 4.28. The van der Waals surface area contributed by atoms with E-state index in [9.17, 15) is 9.18 Å². The lowest BCUT2D eigenvalue weighted by Gasteiger charge is -2.09. The Morgan fingerprint density at radius 3 is 2.69 bits per heavy atom. The van der Waals surface area contributed by atoms with Crippen LogP contribution in [0.5, 0.6) is 0 Å². The molecule has 0 spiro atoms. The van der Waals surface area contributed by atoms with Gasteiger partial charge >= 0.3 is 0 Å². The minimum Gasteiger partial charge on any atom is -0.325 e. The number of aromatic nitrogens is 3. The van der Waals surface area contributed by atoms with Gasteiger partial charge in [-0.25, -0.2) is 14.4 Å². The Morgan fingerprint density at radius 2 is 1.93 bits per heavy atom. The third-order valence-corrected chi connectivity index (χ3v) is 6.30. The smallest absolute Gasteiger partial charge is 0.234 e. The van der Waals surface area contributed by atoms with E-state index in [2.05, 4.69) is 19.7 Å². The molecule has 2 aromatic carbocycles. The van der Waals surface area contributed by atoms with Crippen molar-refractivity contribution in [1.82, 2.24) is 14.3 Å². The van der Waals surface area contributed by atoms with Crippen molar-refractivity contribution < 1.29 is 9.18 Å². The van der Waals surface area contributed by atoms with E-state index in [-0.39, 0.29) is 17.5 Å². The molecule has 1 N–H and O–H groups in total. The van der Waals surface area contributed by atoms with Crippen LogP contribution in [-0.2, 0) is 4.79 Å². The maximum atomic E-state index is 13.2. The highest BCUT2D eigenvalue weighted by atomic mass is 32.2. The first-order valence-corrected chi connectivity index (χ1v) is 10.6. The lowest BCUT2D eigenvalue weighted by molar-refractivity contribution is -0.113. The highest BCUT2D eigenvalue weighted by molar-refractivity contribution is 8.00. The van der Waals surface area contributed by atoms with Crippen molar-refractivity contribution in [2.75, 3.05) is 11.1 Å². The fraction of sp³-hybridized carbons (Fsp3) is 0.143. The number of benzene rings is 2. The van der Waals surface area contributed by atoms with Gasteiger partial charge in [-0.05, 0) is 61.3 Å². The SMILES string of the molecule is Cc1ccc(NC(=O)CSc2ncnc3c(-c4ccc(F)cc4)nsc23)c(C)c1. The molecule has 4 aromatic rings. The van der Waals surface area contributed by atoms with E-state index in [1.807, 2.05) is 32.0 Å². The molecule has 5 nitrogen and oxygen atoms in total. The van der Waals surface area contributed by atoms with E-state index >= 15 is 0 Å². The van der Waals surface area contributed by atoms with Gasteiger partial charge in [-0.2, -0.15) is 4.37 Å². The maximum absolute atomic E-state index is 13.2. The fourth-order valence-corrected chi connectivity index (χ4v) is 4.64. The largest absolute Gasteiger partial charge is 0.325 e. The number of hydrogen-bond donors (Lipinski definition) is 1. The Bertz CT molecular complexity index is 1190. The number of hydrogen-bond acceptors (Lipinski definition) is 6. The van der Waals surface area contributed by atoms with Gasteiger partial charge in [0.2, 0.25) is 5.91 Å². The molecule has 0 bridgehead atoms. The summed E-state index contributed by atoms with van der Waals surface area (Å²) in [5.74, 6) is -0.172. The molecule has 0 radical (unpaired) electrons. The average molecular weight is 425 g/mol. The number of nitrogens with zero attached hydrogens (tertiary/aromatic N) is 3. The molecule has 0 fully saturated rings. The van der Waals surface area contributed by atoms with Crippen LogP contribution in [0.3, 0.4) is 0 Å². The van der Waals surface area contributed by atoms with E-state index in [1.165, 1.54) is 41.8 Å². The molecule has 4 rings (SSSR count). The molecule has 2 heterocycles. The molecular weight excluding hydrogens is 407 g/mol. The van der Waals surface area contributed by atoms with Crippen LogP contribution in [-0.4, -0.2) is 26.0 Å². The first kappa shape index (κ1) is 19.5. The predicted molar refractivity (Wildman–Crippen MR) is 116 cm³/mol. The molecule has 0 aliphatic rings. The molecule has 0 aliphatic heterocycles. The summed E-state index contributed by atoms with van der Waals surface area (Å²) in [6.45, 7) is 3.99. The zero-order valence-corrected chi connectivity index (χ0v) is 17.4. The van der Waals surface area contributed by atoms with Crippen LogP contribution < -0.4 is 5.32 Å². The number of carbonyl (C=O) groups excluding carboxylic acids is 1. The Labute approximate surface area is 175 Å². The second kappa shape index (κ2) is 8.26. The number of nitrogens with one attached hydrogen (secondary N) is 1. The number of aryl methyl sites for hydroxylation is 2. The van der Waals surface area contributed by atoms with Crippen LogP contribution in [0.15, 0.2) is 53.8 Å². The number of halogens is 1. The van der Waals surface area contributed by atoms with Crippen LogP contribution in [0.1, 0.15) is 11.1 Å². The number of rotatable bonds is 5. The summed E-state index contributed by atoms with van der Waals surface area (Å²) < 4.78 is 18.5. The minimum atomic E-state index is -0.297. The average Bonchev–Trinajstić information content (AvgIpc) is 3.14. The molecule has 1 amide bonds. The number of carbonyl (C=O) groups is 1. The van der Waals surface area contributed by atoms with Crippen molar-refractivity contribution in [1.29, 1.82) is 0 Å². The maximum Gasteiger partial charge on any atom is 0.234 e. The Kier molecular flexibility index (Phi) is 5.55. The first-order chi connectivity index (χ1) is 14.0. The molecule has 146 valence electrons. The molecule has 0 saturated heterocycles. The van der Waals surface area contributed by atoms with Gasteiger partial charge in [0.1, 0.15) is 33.1 Å². The third-order valence-electron chi connectivity index (χ3n) is 4.34. The topological polar surface area (TPSA) is 67.8 Å². The second-order valence-electron chi connectivity index (χ2n) is 6.55. The Balaban J connectivity index is 1.51. The van der Waals surface area contributed by atoms with E-state index in [1.54, 1.807) is 12.1 Å². The fourth-order valence-electron chi connectivity index (χ4n) is 2.92. The van der Waals surface area contributed by atoms with E-state index in [0.29, 0.717) is 16.2 Å². The summed E-state index contributed by atoms with van der Waals surface area (Å²) >= 11 is 2.62. The molecule has 0 unspecified atom stereocenters. The normalized spacial score (nSPS) is 11.0. The van der Waals surface area contributed by atoms with Gasteiger partial charge in [-0.1, -0.05) is 29.5 Å². The van der Waals surface area contributed by atoms with Crippen molar-refractivity contribution in [2.45, 2.75) is 18.9 Å². The molecule has 2 aromatic heterocycles. The highest BCUT2D eigenvalue weighted by Crippen LogP contribution is 2.34. The monoisotopic (exact) mass is 424 g/mol. The number of anilines is 1. The summed E-state index contributed by atoms with van der Waals surface area (Å²) in [4.78, 5) is 21.1. The lowest BCUT2D eigenvalue weighted by Crippen LogP contribution is -2.15. The highest BCUT2D eigenvalue weighted by Gasteiger charge is 2.15. The lowest BCUT2D eigenvalue weighted by atomic mass is 10.1. The molecule has 8 heteroatoms. The number of fused-ring (bicyclic) bond motifs is 1. The van der Waals surface area contributed by atoms with Gasteiger partial charge < -0.3 is 5.32 Å². The van der Waals surface area contributed by atoms with Crippen LogP contribution >= 0.6 is 23.3 Å². The van der Waals surface area contributed by atoms with Gasteiger partial charge in [-0.3, -0.25) is 4.79 Å². The van der Waals surface area contributed by atoms with Crippen LogP contribution in [0.2, 0.25) is 0 Å². The minimum absolute atomic E-state index is 0.100. The summed E-state index contributed by atoms with van der Waals surface area (Å²) in [5, 5.41) is 3.65. The van der Waals surface area contributed by atoms with E-state index in [4.69, 9.17) is 0 Å². The first-order valence-electron chi connectivity index (χ1n) is 8.87. The van der Waals surface area contributed by atoms with Crippen molar-refractivity contribution in [3.05, 3.63) is 65.7 Å². The number of thioether (sulfide) groups is 1. The zero-order chi connectivity index (χ0) is 20.4. The van der Waals surface area contributed by atoms with Gasteiger partial charge in [0.05, 0.1) is 5.75 Å². The van der Waals surface area contributed by atoms with Crippen LogP contribution in [0, 0.1) is 19.7 Å². The van der Waals surface area contributed by atoms with E-state index < -0.39 is 0 Å². The summed E-state index contributed by atoms with van der Waals surface area (Å²) in [5.41, 5.74) is 5.17. The standard InChI is InChI=1S/C21H17FN4OS2/c1-12-3-8-16(13(2)9-12)25-17(27)10-28-21-20-19(23-11-24-21)18(26-29-20)14-4-6-15(22)7-5-14/h3-9,11H,10H2,1-2H3,(H,25,27). The van der Waals surface area contributed by atoms with Gasteiger partial charge in [-0.15, -0.1) is 0 Å². The second-order valence-corrected chi connectivity index (χ2v) is 8.29. The molecule has 0 atom stereocenters. The molecule has 0 aliphatic carbocycles. The van der Waals surface area contributed by atoms with Crippen molar-refractivity contribution >= 4 is 45.1 Å². The van der Waals surface area contributed by atoms with E-state index in [0.717, 1.165) is 27.1 Å². The van der Waals surface area contributed by atoms with Gasteiger partial charge in [0.15, 0.2) is 0 Å². The summed E-state index contributed by atoms with van der Waals surface area (Å²) in [7, 11) is 0. The number of amides is 1. The molecule has 0 saturated carbocycles. The zero-order valence-electron chi connectivity index (χ0n) is 15.8. The summed E-state index contributed by atoms with van der Waals surface area (Å²) in [6, 6.07) is 12.1. The van der Waals surface area contributed by atoms with Crippen LogP contribution in [0.4, 0.5) is 10.1 Å². The Morgan fingerprint density at radius 1 is 1.14 bits per heavy atom. The van der Waals surface area contributed by atoms with Gasteiger partial charge in [0, 0.05) is 11.3 Å².